The van der Waals surface area contributed by atoms with E-state index in [-0.39, 0.29) is 11.3 Å². The summed E-state index contributed by atoms with van der Waals surface area (Å²) in [4.78, 5) is 12.9. The summed E-state index contributed by atoms with van der Waals surface area (Å²) < 4.78 is 7.79. The van der Waals surface area contributed by atoms with Crippen molar-refractivity contribution in [3.63, 3.8) is 0 Å². The number of hydrogen-bond acceptors (Lipinski definition) is 2. The van der Waals surface area contributed by atoms with Crippen molar-refractivity contribution < 1.29 is 9.53 Å². The third-order valence-electron chi connectivity index (χ3n) is 5.74. The lowest BCUT2D eigenvalue weighted by Gasteiger charge is -2.38. The number of carbonyl (C=O) groups excluding carboxylic acids is 1. The molecule has 4 nitrogen and oxygen atoms in total. The second-order valence-electron chi connectivity index (χ2n) is 7.83. The first-order valence-corrected chi connectivity index (χ1v) is 10.0. The first kappa shape index (κ1) is 20.0. The Hall–Kier alpha value is -1.78. The minimum absolute atomic E-state index is 0.00479. The number of carbonyl (C=O) groups is 1. The molecule has 0 spiro atoms. The zero-order valence-corrected chi connectivity index (χ0v) is 17.4. The molecule has 1 aliphatic rings. The van der Waals surface area contributed by atoms with Gasteiger partial charge in [-0.2, -0.15) is 0 Å². The summed E-state index contributed by atoms with van der Waals surface area (Å²) in [5, 5.41) is 3.93. The highest BCUT2D eigenvalue weighted by Gasteiger charge is 2.35. The molecule has 2 aromatic rings. The first-order valence-electron chi connectivity index (χ1n) is 9.64. The smallest absolute Gasteiger partial charge is 0.253 e. The van der Waals surface area contributed by atoms with E-state index in [4.69, 9.17) is 16.3 Å². The molecule has 0 atom stereocenters. The van der Waals surface area contributed by atoms with Crippen LogP contribution in [0.1, 0.15) is 60.0 Å². The standard InChI is InChI=1S/C22H29ClN2O2/c1-15(2)25-16(3)13-20(17(25)4)21(26)24-14-22(9-11-27-12-10-22)18-5-7-19(23)8-6-18/h5-8,13,15H,9-12,14H2,1-4H3,(H,24,26). The summed E-state index contributed by atoms with van der Waals surface area (Å²) in [5.74, 6) is -0.00479. The van der Waals surface area contributed by atoms with Gasteiger partial charge in [0.25, 0.3) is 5.91 Å². The van der Waals surface area contributed by atoms with Crippen LogP contribution in [0, 0.1) is 13.8 Å². The van der Waals surface area contributed by atoms with E-state index in [9.17, 15) is 4.79 Å². The Morgan fingerprint density at radius 3 is 2.41 bits per heavy atom. The molecular weight excluding hydrogens is 360 g/mol. The lowest BCUT2D eigenvalue weighted by molar-refractivity contribution is 0.0487. The van der Waals surface area contributed by atoms with E-state index in [0.29, 0.717) is 25.8 Å². The van der Waals surface area contributed by atoms with Crippen LogP contribution in [0.2, 0.25) is 5.02 Å². The van der Waals surface area contributed by atoms with Gasteiger partial charge in [0.2, 0.25) is 0 Å². The molecule has 1 N–H and O–H groups in total. The zero-order valence-electron chi connectivity index (χ0n) is 16.6. The van der Waals surface area contributed by atoms with Gasteiger partial charge in [0.1, 0.15) is 0 Å². The second-order valence-corrected chi connectivity index (χ2v) is 8.27. The van der Waals surface area contributed by atoms with Gasteiger partial charge in [-0.3, -0.25) is 4.79 Å². The molecule has 0 aliphatic carbocycles. The summed E-state index contributed by atoms with van der Waals surface area (Å²) in [6.45, 7) is 10.4. The molecule has 1 aliphatic heterocycles. The minimum atomic E-state index is -0.109. The highest BCUT2D eigenvalue weighted by molar-refractivity contribution is 6.30. The van der Waals surface area contributed by atoms with Gasteiger partial charge in [-0.15, -0.1) is 0 Å². The van der Waals surface area contributed by atoms with Gasteiger partial charge < -0.3 is 14.6 Å². The van der Waals surface area contributed by atoms with Gasteiger partial charge in [-0.05, 0) is 64.3 Å². The van der Waals surface area contributed by atoms with Crippen LogP contribution in [0.25, 0.3) is 0 Å². The molecule has 1 aromatic heterocycles. The quantitative estimate of drug-likeness (QED) is 0.798. The maximum atomic E-state index is 12.9. The summed E-state index contributed by atoms with van der Waals surface area (Å²) in [7, 11) is 0. The normalized spacial score (nSPS) is 16.5. The molecule has 0 unspecified atom stereocenters. The third-order valence-corrected chi connectivity index (χ3v) is 5.99. The largest absolute Gasteiger partial charge is 0.381 e. The van der Waals surface area contributed by atoms with Crippen molar-refractivity contribution in [3.8, 4) is 0 Å². The van der Waals surface area contributed by atoms with Gasteiger partial charge in [0, 0.05) is 47.6 Å². The Balaban J connectivity index is 1.81. The Bertz CT molecular complexity index is 802. The van der Waals surface area contributed by atoms with E-state index in [0.717, 1.165) is 34.8 Å². The Labute approximate surface area is 166 Å². The van der Waals surface area contributed by atoms with Crippen molar-refractivity contribution >= 4 is 17.5 Å². The highest BCUT2D eigenvalue weighted by atomic mass is 35.5. The predicted molar refractivity (Wildman–Crippen MR) is 110 cm³/mol. The van der Waals surface area contributed by atoms with E-state index in [2.05, 4.69) is 42.8 Å². The number of halogens is 1. The molecule has 146 valence electrons. The number of rotatable bonds is 5. The molecule has 0 radical (unpaired) electrons. The SMILES string of the molecule is Cc1cc(C(=O)NCC2(c3ccc(Cl)cc3)CCOCC2)c(C)n1C(C)C. The van der Waals surface area contributed by atoms with E-state index in [1.54, 1.807) is 0 Å². The molecule has 1 aromatic carbocycles. The number of amides is 1. The fourth-order valence-corrected chi connectivity index (χ4v) is 4.41. The number of aromatic nitrogens is 1. The van der Waals surface area contributed by atoms with Gasteiger partial charge in [0.15, 0.2) is 0 Å². The monoisotopic (exact) mass is 388 g/mol. The van der Waals surface area contributed by atoms with Crippen molar-refractivity contribution in [1.29, 1.82) is 0 Å². The Kier molecular flexibility index (Phi) is 5.97. The zero-order chi connectivity index (χ0) is 19.6. The minimum Gasteiger partial charge on any atom is -0.381 e. The maximum Gasteiger partial charge on any atom is 0.253 e. The van der Waals surface area contributed by atoms with Crippen molar-refractivity contribution in [1.82, 2.24) is 9.88 Å². The number of aryl methyl sites for hydroxylation is 1. The van der Waals surface area contributed by atoms with Crippen molar-refractivity contribution in [2.45, 2.75) is 52.0 Å². The fraction of sp³-hybridized carbons (Fsp3) is 0.500. The van der Waals surface area contributed by atoms with Crippen LogP contribution < -0.4 is 5.32 Å². The van der Waals surface area contributed by atoms with Crippen LogP contribution in [0.15, 0.2) is 30.3 Å². The van der Waals surface area contributed by atoms with Crippen molar-refractivity contribution in [2.24, 2.45) is 0 Å². The Morgan fingerprint density at radius 1 is 1.22 bits per heavy atom. The fourth-order valence-electron chi connectivity index (χ4n) is 4.28. The Morgan fingerprint density at radius 2 is 1.85 bits per heavy atom. The number of ether oxygens (including phenoxy) is 1. The molecule has 0 bridgehead atoms. The molecule has 5 heteroatoms. The van der Waals surface area contributed by atoms with Crippen LogP contribution in [0.3, 0.4) is 0 Å². The topological polar surface area (TPSA) is 43.3 Å². The summed E-state index contributed by atoms with van der Waals surface area (Å²) in [5.41, 5.74) is 4.00. The molecule has 1 fully saturated rings. The first-order chi connectivity index (χ1) is 12.8. The number of nitrogens with one attached hydrogen (secondary N) is 1. The van der Waals surface area contributed by atoms with Crippen LogP contribution in [0.5, 0.6) is 0 Å². The lowest BCUT2D eigenvalue weighted by Crippen LogP contribution is -2.44. The lowest BCUT2D eigenvalue weighted by atomic mass is 9.74. The molecular formula is C22H29ClN2O2. The van der Waals surface area contributed by atoms with E-state index >= 15 is 0 Å². The molecule has 27 heavy (non-hydrogen) atoms. The van der Waals surface area contributed by atoms with E-state index < -0.39 is 0 Å². The van der Waals surface area contributed by atoms with Crippen LogP contribution in [0.4, 0.5) is 0 Å². The second kappa shape index (κ2) is 8.07. The number of benzene rings is 1. The number of nitrogens with zero attached hydrogens (tertiary/aromatic N) is 1. The van der Waals surface area contributed by atoms with Crippen molar-refractivity contribution in [3.05, 3.63) is 57.9 Å². The highest BCUT2D eigenvalue weighted by Crippen LogP contribution is 2.35. The van der Waals surface area contributed by atoms with Crippen LogP contribution in [-0.4, -0.2) is 30.2 Å². The predicted octanol–water partition coefficient (Wildman–Crippen LogP) is 4.82. The van der Waals surface area contributed by atoms with E-state index in [1.807, 2.05) is 25.1 Å². The molecule has 0 saturated carbocycles. The summed E-state index contributed by atoms with van der Waals surface area (Å²) in [6, 6.07) is 10.3. The van der Waals surface area contributed by atoms with Gasteiger partial charge in [-0.25, -0.2) is 0 Å². The third kappa shape index (κ3) is 4.07. The molecule has 1 saturated heterocycles. The van der Waals surface area contributed by atoms with Crippen LogP contribution >= 0.6 is 11.6 Å². The van der Waals surface area contributed by atoms with Crippen LogP contribution in [-0.2, 0) is 10.2 Å². The summed E-state index contributed by atoms with van der Waals surface area (Å²) in [6.07, 6.45) is 1.78. The molecule has 1 amide bonds. The van der Waals surface area contributed by atoms with Gasteiger partial charge in [-0.1, -0.05) is 23.7 Å². The molecule has 3 rings (SSSR count). The van der Waals surface area contributed by atoms with Gasteiger partial charge >= 0.3 is 0 Å². The van der Waals surface area contributed by atoms with Gasteiger partial charge in [0.05, 0.1) is 5.56 Å². The van der Waals surface area contributed by atoms with Crippen molar-refractivity contribution in [2.75, 3.05) is 19.8 Å². The number of hydrogen-bond donors (Lipinski definition) is 1. The maximum absolute atomic E-state index is 12.9. The van der Waals surface area contributed by atoms with E-state index in [1.165, 1.54) is 5.56 Å². The summed E-state index contributed by atoms with van der Waals surface area (Å²) >= 11 is 6.07. The average Bonchev–Trinajstić information content (AvgIpc) is 2.95. The average molecular weight is 389 g/mol. The molecule has 2 heterocycles.